The zero-order valence-corrected chi connectivity index (χ0v) is 10.8. The maximum Gasteiger partial charge on any atom is 0.217 e. The van der Waals surface area contributed by atoms with E-state index in [1.54, 1.807) is 0 Å². The molecule has 1 aliphatic heterocycles. The van der Waals surface area contributed by atoms with E-state index in [1.807, 2.05) is 6.07 Å². The van der Waals surface area contributed by atoms with Gasteiger partial charge in [0.15, 0.2) is 0 Å². The standard InChI is InChI=1S/C12H14BrNO/c1-8-4-5-9(10(13)6-8)11-14-12(2,3)7-15-11/h4-6H,7H2,1-3H3. The van der Waals surface area contributed by atoms with E-state index in [9.17, 15) is 0 Å². The van der Waals surface area contributed by atoms with Gasteiger partial charge in [0.2, 0.25) is 5.90 Å². The van der Waals surface area contributed by atoms with E-state index < -0.39 is 0 Å². The zero-order valence-electron chi connectivity index (χ0n) is 9.17. The minimum Gasteiger partial charge on any atom is -0.475 e. The Balaban J connectivity index is 2.39. The summed E-state index contributed by atoms with van der Waals surface area (Å²) in [6.07, 6.45) is 0. The third kappa shape index (κ3) is 2.23. The van der Waals surface area contributed by atoms with Crippen molar-refractivity contribution >= 4 is 21.8 Å². The lowest BCUT2D eigenvalue weighted by Crippen LogP contribution is -2.17. The molecule has 80 valence electrons. The molecule has 0 saturated carbocycles. The first-order chi connectivity index (χ1) is 6.98. The van der Waals surface area contributed by atoms with Crippen LogP contribution in [0.25, 0.3) is 0 Å². The van der Waals surface area contributed by atoms with Gasteiger partial charge in [-0.2, -0.15) is 0 Å². The van der Waals surface area contributed by atoms with Crippen LogP contribution in [0.4, 0.5) is 0 Å². The maximum atomic E-state index is 5.59. The average Bonchev–Trinajstić information content (AvgIpc) is 2.46. The molecule has 0 amide bonds. The monoisotopic (exact) mass is 267 g/mol. The Kier molecular flexibility index (Phi) is 2.59. The Hall–Kier alpha value is -0.830. The largest absolute Gasteiger partial charge is 0.475 e. The second-order valence-electron chi connectivity index (χ2n) is 4.50. The third-order valence-corrected chi connectivity index (χ3v) is 2.98. The molecule has 0 aliphatic carbocycles. The number of ether oxygens (including phenoxy) is 1. The summed E-state index contributed by atoms with van der Waals surface area (Å²) >= 11 is 3.53. The number of aliphatic imine (C=N–C) groups is 1. The fourth-order valence-electron chi connectivity index (χ4n) is 1.52. The van der Waals surface area contributed by atoms with Crippen molar-refractivity contribution in [2.45, 2.75) is 26.3 Å². The Labute approximate surface area is 98.5 Å². The number of nitrogens with zero attached hydrogens (tertiary/aromatic N) is 1. The molecule has 2 rings (SSSR count). The molecule has 0 saturated heterocycles. The van der Waals surface area contributed by atoms with Crippen LogP contribution in [-0.4, -0.2) is 18.0 Å². The molecule has 0 radical (unpaired) electrons. The van der Waals surface area contributed by atoms with Gasteiger partial charge in [-0.25, -0.2) is 4.99 Å². The first kappa shape index (κ1) is 10.7. The van der Waals surface area contributed by atoms with Crippen molar-refractivity contribution in [2.24, 2.45) is 4.99 Å². The van der Waals surface area contributed by atoms with Gasteiger partial charge in [-0.3, -0.25) is 0 Å². The van der Waals surface area contributed by atoms with Gasteiger partial charge in [0.1, 0.15) is 6.61 Å². The minimum absolute atomic E-state index is 0.0976. The molecule has 0 bridgehead atoms. The Morgan fingerprint density at radius 2 is 2.13 bits per heavy atom. The first-order valence-corrected chi connectivity index (χ1v) is 5.76. The number of hydrogen-bond donors (Lipinski definition) is 0. The van der Waals surface area contributed by atoms with Gasteiger partial charge in [-0.05, 0) is 54.4 Å². The van der Waals surface area contributed by atoms with Crippen LogP contribution >= 0.6 is 15.9 Å². The van der Waals surface area contributed by atoms with Crippen molar-refractivity contribution in [1.82, 2.24) is 0 Å². The van der Waals surface area contributed by atoms with Crippen LogP contribution in [0.5, 0.6) is 0 Å². The van der Waals surface area contributed by atoms with Gasteiger partial charge >= 0.3 is 0 Å². The highest BCUT2D eigenvalue weighted by molar-refractivity contribution is 9.10. The van der Waals surface area contributed by atoms with E-state index in [1.165, 1.54) is 5.56 Å². The highest BCUT2D eigenvalue weighted by Gasteiger charge is 2.27. The second-order valence-corrected chi connectivity index (χ2v) is 5.36. The fourth-order valence-corrected chi connectivity index (χ4v) is 2.18. The molecule has 1 aromatic carbocycles. The van der Waals surface area contributed by atoms with Crippen LogP contribution in [0.15, 0.2) is 27.7 Å². The normalized spacial score (nSPS) is 18.5. The van der Waals surface area contributed by atoms with Crippen LogP contribution in [-0.2, 0) is 4.74 Å². The van der Waals surface area contributed by atoms with Crippen molar-refractivity contribution < 1.29 is 4.74 Å². The summed E-state index contributed by atoms with van der Waals surface area (Å²) in [5.74, 6) is 0.742. The summed E-state index contributed by atoms with van der Waals surface area (Å²) < 4.78 is 6.64. The van der Waals surface area contributed by atoms with Crippen LogP contribution in [0.2, 0.25) is 0 Å². The summed E-state index contributed by atoms with van der Waals surface area (Å²) in [7, 11) is 0. The molecule has 0 fully saturated rings. The summed E-state index contributed by atoms with van der Waals surface area (Å²) in [6.45, 7) is 6.86. The molecule has 15 heavy (non-hydrogen) atoms. The van der Waals surface area contributed by atoms with Gasteiger partial charge in [0, 0.05) is 4.47 Å². The lowest BCUT2D eigenvalue weighted by atomic mass is 10.1. The summed E-state index contributed by atoms with van der Waals surface area (Å²) in [4.78, 5) is 4.55. The zero-order chi connectivity index (χ0) is 11.1. The van der Waals surface area contributed by atoms with Crippen molar-refractivity contribution in [2.75, 3.05) is 6.61 Å². The van der Waals surface area contributed by atoms with E-state index >= 15 is 0 Å². The smallest absolute Gasteiger partial charge is 0.217 e. The van der Waals surface area contributed by atoms with Gasteiger partial charge < -0.3 is 4.74 Å². The summed E-state index contributed by atoms with van der Waals surface area (Å²) in [6, 6.07) is 6.18. The van der Waals surface area contributed by atoms with E-state index in [0.717, 1.165) is 15.9 Å². The van der Waals surface area contributed by atoms with Crippen molar-refractivity contribution in [1.29, 1.82) is 0 Å². The number of rotatable bonds is 1. The van der Waals surface area contributed by atoms with E-state index in [2.05, 4.69) is 53.8 Å². The van der Waals surface area contributed by atoms with Crippen molar-refractivity contribution in [3.05, 3.63) is 33.8 Å². The van der Waals surface area contributed by atoms with E-state index in [-0.39, 0.29) is 5.54 Å². The highest BCUT2D eigenvalue weighted by Crippen LogP contribution is 2.25. The Morgan fingerprint density at radius 1 is 1.40 bits per heavy atom. The lowest BCUT2D eigenvalue weighted by Gasteiger charge is -2.07. The molecule has 0 spiro atoms. The summed E-state index contributed by atoms with van der Waals surface area (Å²) in [5, 5.41) is 0. The minimum atomic E-state index is -0.0976. The molecule has 3 heteroatoms. The highest BCUT2D eigenvalue weighted by atomic mass is 79.9. The van der Waals surface area contributed by atoms with E-state index in [4.69, 9.17) is 4.74 Å². The van der Waals surface area contributed by atoms with Crippen LogP contribution in [0.3, 0.4) is 0 Å². The Morgan fingerprint density at radius 3 is 2.67 bits per heavy atom. The molecule has 0 aromatic heterocycles. The quantitative estimate of drug-likeness (QED) is 0.765. The van der Waals surface area contributed by atoms with Crippen molar-refractivity contribution in [3.8, 4) is 0 Å². The predicted octanol–water partition coefficient (Wildman–Crippen LogP) is 3.31. The molecule has 0 unspecified atom stereocenters. The number of aryl methyl sites for hydroxylation is 1. The molecule has 1 heterocycles. The molecular weight excluding hydrogens is 254 g/mol. The van der Waals surface area contributed by atoms with Gasteiger partial charge in [0.25, 0.3) is 0 Å². The SMILES string of the molecule is Cc1ccc(C2=NC(C)(C)CO2)c(Br)c1. The van der Waals surface area contributed by atoms with E-state index in [0.29, 0.717) is 6.61 Å². The number of benzene rings is 1. The average molecular weight is 268 g/mol. The first-order valence-electron chi connectivity index (χ1n) is 4.97. The van der Waals surface area contributed by atoms with Gasteiger partial charge in [-0.15, -0.1) is 0 Å². The molecular formula is C12H14BrNO. The molecule has 0 atom stereocenters. The topological polar surface area (TPSA) is 21.6 Å². The fraction of sp³-hybridized carbons (Fsp3) is 0.417. The Bertz CT molecular complexity index is 424. The number of hydrogen-bond acceptors (Lipinski definition) is 2. The van der Waals surface area contributed by atoms with Gasteiger partial charge in [-0.1, -0.05) is 6.07 Å². The molecule has 1 aromatic rings. The second kappa shape index (κ2) is 3.63. The molecule has 1 aliphatic rings. The van der Waals surface area contributed by atoms with Crippen LogP contribution in [0, 0.1) is 6.92 Å². The predicted molar refractivity (Wildman–Crippen MR) is 65.4 cm³/mol. The lowest BCUT2D eigenvalue weighted by molar-refractivity contribution is 0.279. The van der Waals surface area contributed by atoms with Crippen LogP contribution in [0.1, 0.15) is 25.0 Å². The third-order valence-electron chi connectivity index (χ3n) is 2.32. The maximum absolute atomic E-state index is 5.59. The van der Waals surface area contributed by atoms with Crippen molar-refractivity contribution in [3.63, 3.8) is 0 Å². The molecule has 2 nitrogen and oxygen atoms in total. The summed E-state index contributed by atoms with van der Waals surface area (Å²) in [5.41, 5.74) is 2.16. The molecule has 0 N–H and O–H groups in total. The number of halogens is 1. The van der Waals surface area contributed by atoms with Crippen LogP contribution < -0.4 is 0 Å². The van der Waals surface area contributed by atoms with Gasteiger partial charge in [0.05, 0.1) is 11.1 Å².